The van der Waals surface area contributed by atoms with Crippen LogP contribution in [-0.2, 0) is 20.9 Å². The molecule has 0 spiro atoms. The van der Waals surface area contributed by atoms with Gasteiger partial charge in [0.2, 0.25) is 11.8 Å². The average Bonchev–Trinajstić information content (AvgIpc) is 3.47. The number of ether oxygens (including phenoxy) is 1. The number of fused-ring (bicyclic) bond motifs is 1. The topological polar surface area (TPSA) is 95.6 Å². The standard InChI is InChI=1S/C28H26N4O4S/c1-2-36-21-14-12-20(13-15-21)32-25(33)16-24(27(32)35)31(17-19-8-4-3-5-9-19)26(34)18-37-28-29-22-10-6-7-11-23(22)30-28/h3-15,24H,2,16-18H2,1H3,(H,29,30). The van der Waals surface area contributed by atoms with Gasteiger partial charge in [0.25, 0.3) is 5.91 Å². The third-order valence-electron chi connectivity index (χ3n) is 6.12. The van der Waals surface area contributed by atoms with Gasteiger partial charge in [0.15, 0.2) is 5.16 Å². The number of hydrogen-bond donors (Lipinski definition) is 1. The van der Waals surface area contributed by atoms with Crippen molar-refractivity contribution in [3.05, 3.63) is 84.4 Å². The first kappa shape index (κ1) is 24.6. The molecule has 1 aliphatic heterocycles. The van der Waals surface area contributed by atoms with Crippen LogP contribution in [0.3, 0.4) is 0 Å². The van der Waals surface area contributed by atoms with E-state index in [9.17, 15) is 14.4 Å². The van der Waals surface area contributed by atoms with E-state index in [1.54, 1.807) is 24.3 Å². The van der Waals surface area contributed by atoms with Crippen LogP contribution in [0.5, 0.6) is 5.75 Å². The summed E-state index contributed by atoms with van der Waals surface area (Å²) < 4.78 is 5.47. The second-order valence-electron chi connectivity index (χ2n) is 8.57. The van der Waals surface area contributed by atoms with Gasteiger partial charge in [0.05, 0.1) is 35.5 Å². The molecule has 5 rings (SSSR count). The van der Waals surface area contributed by atoms with E-state index >= 15 is 0 Å². The van der Waals surface area contributed by atoms with E-state index in [1.165, 1.54) is 16.7 Å². The molecule has 188 valence electrons. The molecule has 1 fully saturated rings. The van der Waals surface area contributed by atoms with Gasteiger partial charge in [-0.25, -0.2) is 9.88 Å². The van der Waals surface area contributed by atoms with E-state index in [1.807, 2.05) is 61.5 Å². The van der Waals surface area contributed by atoms with Gasteiger partial charge < -0.3 is 14.6 Å². The van der Waals surface area contributed by atoms with Gasteiger partial charge in [-0.05, 0) is 48.9 Å². The lowest BCUT2D eigenvalue weighted by atomic mass is 10.1. The molecular weight excluding hydrogens is 488 g/mol. The summed E-state index contributed by atoms with van der Waals surface area (Å²) in [5.74, 6) is -0.255. The molecule has 1 atom stereocenters. The van der Waals surface area contributed by atoms with Crippen LogP contribution in [0.25, 0.3) is 11.0 Å². The van der Waals surface area contributed by atoms with E-state index in [4.69, 9.17) is 4.74 Å². The number of aromatic nitrogens is 2. The van der Waals surface area contributed by atoms with Gasteiger partial charge in [0.1, 0.15) is 11.8 Å². The van der Waals surface area contributed by atoms with Gasteiger partial charge in [-0.15, -0.1) is 0 Å². The molecule has 1 N–H and O–H groups in total. The number of imide groups is 1. The summed E-state index contributed by atoms with van der Waals surface area (Å²) >= 11 is 1.28. The first-order valence-corrected chi connectivity index (χ1v) is 13.0. The highest BCUT2D eigenvalue weighted by Crippen LogP contribution is 2.29. The number of carbonyl (C=O) groups excluding carboxylic acids is 3. The molecule has 2 heterocycles. The maximum atomic E-state index is 13.5. The molecular formula is C28H26N4O4S. The van der Waals surface area contributed by atoms with Crippen molar-refractivity contribution in [2.75, 3.05) is 17.3 Å². The summed E-state index contributed by atoms with van der Waals surface area (Å²) in [6.07, 6.45) is -0.0695. The molecule has 4 aromatic rings. The summed E-state index contributed by atoms with van der Waals surface area (Å²) in [7, 11) is 0. The summed E-state index contributed by atoms with van der Waals surface area (Å²) in [5.41, 5.74) is 3.05. The van der Waals surface area contributed by atoms with Crippen molar-refractivity contribution in [2.24, 2.45) is 0 Å². The van der Waals surface area contributed by atoms with Gasteiger partial charge in [-0.1, -0.05) is 54.2 Å². The van der Waals surface area contributed by atoms with Crippen LogP contribution in [0.4, 0.5) is 5.69 Å². The number of carbonyl (C=O) groups is 3. The zero-order valence-electron chi connectivity index (χ0n) is 20.3. The maximum Gasteiger partial charge on any atom is 0.257 e. The second-order valence-corrected chi connectivity index (χ2v) is 9.53. The number of para-hydroxylation sites is 2. The Balaban J connectivity index is 1.36. The van der Waals surface area contributed by atoms with E-state index in [-0.39, 0.29) is 30.5 Å². The predicted octanol–water partition coefficient (Wildman–Crippen LogP) is 4.41. The number of aromatic amines is 1. The van der Waals surface area contributed by atoms with Gasteiger partial charge >= 0.3 is 0 Å². The van der Waals surface area contributed by atoms with Crippen LogP contribution in [0.1, 0.15) is 18.9 Å². The lowest BCUT2D eigenvalue weighted by Crippen LogP contribution is -2.45. The highest BCUT2D eigenvalue weighted by atomic mass is 32.2. The van der Waals surface area contributed by atoms with E-state index in [0.717, 1.165) is 21.5 Å². The molecule has 0 aliphatic carbocycles. The van der Waals surface area contributed by atoms with Gasteiger partial charge in [0, 0.05) is 6.54 Å². The van der Waals surface area contributed by atoms with Crippen LogP contribution in [0.2, 0.25) is 0 Å². The fourth-order valence-corrected chi connectivity index (χ4v) is 5.12. The highest BCUT2D eigenvalue weighted by molar-refractivity contribution is 7.99. The fourth-order valence-electron chi connectivity index (χ4n) is 4.35. The largest absolute Gasteiger partial charge is 0.494 e. The zero-order valence-corrected chi connectivity index (χ0v) is 21.1. The maximum absolute atomic E-state index is 13.5. The molecule has 3 amide bonds. The molecule has 1 aromatic heterocycles. The van der Waals surface area contributed by atoms with Crippen LogP contribution in [-0.4, -0.2) is 51.0 Å². The van der Waals surface area contributed by atoms with Crippen molar-refractivity contribution in [1.82, 2.24) is 14.9 Å². The Morgan fingerprint density at radius 2 is 1.78 bits per heavy atom. The minimum atomic E-state index is -0.886. The van der Waals surface area contributed by atoms with Crippen molar-refractivity contribution >= 4 is 46.2 Å². The SMILES string of the molecule is CCOc1ccc(N2C(=O)CC(N(Cc3ccccc3)C(=O)CSc3nc4ccccc4[nH]3)C2=O)cc1. The number of nitrogens with one attached hydrogen (secondary N) is 1. The van der Waals surface area contributed by atoms with Crippen LogP contribution < -0.4 is 9.64 Å². The number of imidazole rings is 1. The second kappa shape index (κ2) is 10.9. The number of nitrogens with zero attached hydrogens (tertiary/aromatic N) is 3. The molecule has 9 heteroatoms. The normalized spacial score (nSPS) is 15.4. The Morgan fingerprint density at radius 3 is 2.51 bits per heavy atom. The average molecular weight is 515 g/mol. The summed E-state index contributed by atoms with van der Waals surface area (Å²) in [5, 5.41) is 0.624. The lowest BCUT2D eigenvalue weighted by Gasteiger charge is -2.27. The van der Waals surface area contributed by atoms with Crippen molar-refractivity contribution < 1.29 is 19.1 Å². The number of anilines is 1. The van der Waals surface area contributed by atoms with Crippen LogP contribution in [0, 0.1) is 0 Å². The Bertz CT molecular complexity index is 1390. The molecule has 8 nitrogen and oxygen atoms in total. The number of H-pyrrole nitrogens is 1. The summed E-state index contributed by atoms with van der Waals surface area (Å²) in [6, 6.07) is 23.0. The number of hydrogen-bond acceptors (Lipinski definition) is 6. The van der Waals surface area contributed by atoms with Crippen molar-refractivity contribution in [2.45, 2.75) is 31.1 Å². The quantitative estimate of drug-likeness (QED) is 0.263. The van der Waals surface area contributed by atoms with Gasteiger partial charge in [-0.3, -0.25) is 14.4 Å². The molecule has 1 unspecified atom stereocenters. The van der Waals surface area contributed by atoms with E-state index in [0.29, 0.717) is 23.2 Å². The Kier molecular flexibility index (Phi) is 7.23. The summed E-state index contributed by atoms with van der Waals surface area (Å²) in [4.78, 5) is 50.4. The molecule has 3 aromatic carbocycles. The number of thioether (sulfide) groups is 1. The molecule has 1 aliphatic rings. The van der Waals surface area contributed by atoms with Crippen LogP contribution >= 0.6 is 11.8 Å². The predicted molar refractivity (Wildman–Crippen MR) is 142 cm³/mol. The highest BCUT2D eigenvalue weighted by Gasteiger charge is 2.44. The van der Waals surface area contributed by atoms with Crippen molar-refractivity contribution in [3.8, 4) is 5.75 Å². The van der Waals surface area contributed by atoms with Crippen molar-refractivity contribution in [3.63, 3.8) is 0 Å². The molecule has 0 radical (unpaired) electrons. The van der Waals surface area contributed by atoms with E-state index < -0.39 is 11.9 Å². The fraction of sp³-hybridized carbons (Fsp3) is 0.214. The monoisotopic (exact) mass is 514 g/mol. The van der Waals surface area contributed by atoms with Crippen LogP contribution in [0.15, 0.2) is 84.0 Å². The lowest BCUT2D eigenvalue weighted by molar-refractivity contribution is -0.136. The summed E-state index contributed by atoms with van der Waals surface area (Å²) in [6.45, 7) is 2.63. The number of rotatable bonds is 9. The molecule has 0 saturated carbocycles. The first-order valence-electron chi connectivity index (χ1n) is 12.0. The van der Waals surface area contributed by atoms with E-state index in [2.05, 4.69) is 9.97 Å². The molecule has 1 saturated heterocycles. The number of amides is 3. The Hall–Kier alpha value is -4.11. The smallest absolute Gasteiger partial charge is 0.257 e. The van der Waals surface area contributed by atoms with Gasteiger partial charge in [-0.2, -0.15) is 0 Å². The molecule has 0 bridgehead atoms. The number of benzene rings is 3. The van der Waals surface area contributed by atoms with Crippen molar-refractivity contribution in [1.29, 1.82) is 0 Å². The minimum Gasteiger partial charge on any atom is -0.494 e. The minimum absolute atomic E-state index is 0.0695. The third-order valence-corrected chi connectivity index (χ3v) is 6.98. The third kappa shape index (κ3) is 5.36. The first-order chi connectivity index (χ1) is 18.0. The zero-order chi connectivity index (χ0) is 25.8. The molecule has 37 heavy (non-hydrogen) atoms. The Morgan fingerprint density at radius 1 is 1.05 bits per heavy atom. The Labute approximate surface area is 218 Å².